The molecule has 0 spiro atoms. The van der Waals surface area contributed by atoms with Gasteiger partial charge in [0.25, 0.3) is 0 Å². The molecule has 3 aromatic carbocycles. The van der Waals surface area contributed by atoms with E-state index in [2.05, 4.69) is 0 Å². The highest BCUT2D eigenvalue weighted by atomic mass is 35.5. The average molecular weight is 399 g/mol. The van der Waals surface area contributed by atoms with Crippen LogP contribution in [-0.4, -0.2) is 20.2 Å². The number of para-hydroxylation sites is 1. The quantitative estimate of drug-likeness (QED) is 0.406. The summed E-state index contributed by atoms with van der Waals surface area (Å²) in [5.74, 6) is 0.821. The third-order valence-electron chi connectivity index (χ3n) is 3.96. The van der Waals surface area contributed by atoms with Gasteiger partial charge in [0.2, 0.25) is 5.75 Å². The molecule has 3 aromatic rings. The number of ether oxygens (including phenoxy) is 4. The molecule has 0 unspecified atom stereocenters. The van der Waals surface area contributed by atoms with Crippen LogP contribution in [0.2, 0.25) is 5.02 Å². The van der Waals surface area contributed by atoms with Gasteiger partial charge in [-0.15, -0.1) is 0 Å². The monoisotopic (exact) mass is 398 g/mol. The van der Waals surface area contributed by atoms with Crippen molar-refractivity contribution < 1.29 is 23.7 Å². The van der Waals surface area contributed by atoms with Crippen LogP contribution in [0.15, 0.2) is 66.7 Å². The second-order valence-corrected chi connectivity index (χ2v) is 6.21. The van der Waals surface area contributed by atoms with Crippen molar-refractivity contribution in [3.63, 3.8) is 0 Å². The maximum Gasteiger partial charge on any atom is 0.343 e. The smallest absolute Gasteiger partial charge is 0.343 e. The van der Waals surface area contributed by atoms with E-state index in [-0.39, 0.29) is 11.3 Å². The lowest BCUT2D eigenvalue weighted by Crippen LogP contribution is -2.10. The highest BCUT2D eigenvalue weighted by molar-refractivity contribution is 6.32. The second kappa shape index (κ2) is 9.15. The Kier molecular flexibility index (Phi) is 6.40. The number of rotatable bonds is 7. The summed E-state index contributed by atoms with van der Waals surface area (Å²) in [6.45, 7) is 0.330. The summed E-state index contributed by atoms with van der Waals surface area (Å²) in [5.41, 5.74) is 1.24. The molecule has 0 amide bonds. The van der Waals surface area contributed by atoms with Gasteiger partial charge in [0, 0.05) is 0 Å². The molecule has 5 nitrogen and oxygen atoms in total. The zero-order valence-electron chi connectivity index (χ0n) is 15.5. The van der Waals surface area contributed by atoms with E-state index in [4.69, 9.17) is 30.5 Å². The van der Waals surface area contributed by atoms with E-state index in [1.54, 1.807) is 36.4 Å². The summed E-state index contributed by atoms with van der Waals surface area (Å²) in [6.07, 6.45) is 0. The fourth-order valence-corrected chi connectivity index (χ4v) is 2.73. The van der Waals surface area contributed by atoms with Crippen LogP contribution in [0, 0.1) is 0 Å². The molecule has 0 aliphatic rings. The van der Waals surface area contributed by atoms with Gasteiger partial charge in [0.15, 0.2) is 11.5 Å². The Hall–Kier alpha value is -3.18. The van der Waals surface area contributed by atoms with E-state index in [1.807, 2.05) is 30.3 Å². The van der Waals surface area contributed by atoms with Crippen LogP contribution >= 0.6 is 11.6 Å². The summed E-state index contributed by atoms with van der Waals surface area (Å²) < 4.78 is 22.1. The van der Waals surface area contributed by atoms with Crippen molar-refractivity contribution in [3.8, 4) is 23.0 Å². The molecule has 0 fully saturated rings. The van der Waals surface area contributed by atoms with E-state index in [9.17, 15) is 4.79 Å². The Morgan fingerprint density at radius 1 is 0.857 bits per heavy atom. The van der Waals surface area contributed by atoms with Crippen LogP contribution in [0.5, 0.6) is 23.0 Å². The minimum absolute atomic E-state index is 0.251. The molecule has 0 N–H and O–H groups in total. The number of hydrogen-bond donors (Lipinski definition) is 0. The molecule has 0 heterocycles. The predicted octanol–water partition coefficient (Wildman–Crippen LogP) is 5.16. The van der Waals surface area contributed by atoms with Crippen molar-refractivity contribution in [1.29, 1.82) is 0 Å². The predicted molar refractivity (Wildman–Crippen MR) is 107 cm³/mol. The van der Waals surface area contributed by atoms with E-state index >= 15 is 0 Å². The molecule has 0 aliphatic heterocycles. The molecule has 0 bridgehead atoms. The van der Waals surface area contributed by atoms with Crippen LogP contribution < -0.4 is 18.9 Å². The third kappa shape index (κ3) is 4.56. The summed E-state index contributed by atoms with van der Waals surface area (Å²) in [7, 11) is 2.99. The Bertz CT molecular complexity index is 931. The molecule has 0 aromatic heterocycles. The SMILES string of the molecule is COc1cc(C(=O)Oc2ccccc2Cl)cc(OC)c1OCc1ccccc1. The molecule has 0 saturated carbocycles. The number of methoxy groups -OCH3 is 2. The summed E-state index contributed by atoms with van der Waals surface area (Å²) in [5, 5.41) is 0.345. The number of carbonyl (C=O) groups excluding carboxylic acids is 1. The lowest BCUT2D eigenvalue weighted by atomic mass is 10.1. The molecule has 6 heteroatoms. The van der Waals surface area contributed by atoms with Crippen molar-refractivity contribution >= 4 is 17.6 Å². The number of hydrogen-bond acceptors (Lipinski definition) is 5. The number of esters is 1. The summed E-state index contributed by atoms with van der Waals surface area (Å²) in [4.78, 5) is 12.6. The molecular weight excluding hydrogens is 380 g/mol. The first-order valence-corrected chi connectivity index (χ1v) is 8.89. The summed E-state index contributed by atoms with van der Waals surface area (Å²) in [6, 6.07) is 19.5. The fraction of sp³-hybridized carbons (Fsp3) is 0.136. The lowest BCUT2D eigenvalue weighted by Gasteiger charge is -2.16. The Balaban J connectivity index is 1.85. The van der Waals surface area contributed by atoms with Gasteiger partial charge in [-0.25, -0.2) is 4.79 Å². The van der Waals surface area contributed by atoms with Crippen molar-refractivity contribution in [3.05, 3.63) is 82.9 Å². The maximum atomic E-state index is 12.6. The van der Waals surface area contributed by atoms with E-state index < -0.39 is 5.97 Å². The van der Waals surface area contributed by atoms with Gasteiger partial charge in [0.1, 0.15) is 12.4 Å². The first kappa shape index (κ1) is 19.6. The number of benzene rings is 3. The third-order valence-corrected chi connectivity index (χ3v) is 4.27. The Morgan fingerprint density at radius 3 is 2.07 bits per heavy atom. The first-order chi connectivity index (χ1) is 13.6. The van der Waals surface area contributed by atoms with Gasteiger partial charge >= 0.3 is 5.97 Å². The maximum absolute atomic E-state index is 12.6. The highest BCUT2D eigenvalue weighted by Gasteiger charge is 2.19. The molecule has 144 valence electrons. The van der Waals surface area contributed by atoms with Crippen molar-refractivity contribution in [1.82, 2.24) is 0 Å². The highest BCUT2D eigenvalue weighted by Crippen LogP contribution is 2.39. The molecule has 0 aliphatic carbocycles. The van der Waals surface area contributed by atoms with Crippen molar-refractivity contribution in [2.24, 2.45) is 0 Å². The van der Waals surface area contributed by atoms with Gasteiger partial charge in [0.05, 0.1) is 24.8 Å². The summed E-state index contributed by atoms with van der Waals surface area (Å²) >= 11 is 6.05. The van der Waals surface area contributed by atoms with Crippen molar-refractivity contribution in [2.45, 2.75) is 6.61 Å². The standard InChI is InChI=1S/C22H19ClO5/c1-25-19-12-16(22(24)28-18-11-7-6-10-17(18)23)13-20(26-2)21(19)27-14-15-8-4-3-5-9-15/h3-13H,14H2,1-2H3. The van der Waals surface area contributed by atoms with Crippen LogP contribution in [0.3, 0.4) is 0 Å². The van der Waals surface area contributed by atoms with Crippen molar-refractivity contribution in [2.75, 3.05) is 14.2 Å². The second-order valence-electron chi connectivity index (χ2n) is 5.80. The first-order valence-electron chi connectivity index (χ1n) is 8.52. The van der Waals surface area contributed by atoms with Crippen LogP contribution in [0.4, 0.5) is 0 Å². The zero-order chi connectivity index (χ0) is 19.9. The molecule has 28 heavy (non-hydrogen) atoms. The Labute approximate surface area is 168 Å². The van der Waals surface area contributed by atoms with E-state index in [0.717, 1.165) is 5.56 Å². The number of carbonyl (C=O) groups is 1. The van der Waals surface area contributed by atoms with Gasteiger partial charge in [-0.1, -0.05) is 54.1 Å². The lowest BCUT2D eigenvalue weighted by molar-refractivity contribution is 0.0734. The van der Waals surface area contributed by atoms with E-state index in [1.165, 1.54) is 14.2 Å². The fourth-order valence-electron chi connectivity index (χ4n) is 2.56. The minimum Gasteiger partial charge on any atom is -0.493 e. The molecule has 0 radical (unpaired) electrons. The molecular formula is C22H19ClO5. The van der Waals surface area contributed by atoms with Gasteiger partial charge in [-0.3, -0.25) is 0 Å². The average Bonchev–Trinajstić information content (AvgIpc) is 2.73. The normalized spacial score (nSPS) is 10.2. The largest absolute Gasteiger partial charge is 0.493 e. The van der Waals surface area contributed by atoms with Crippen LogP contribution in [-0.2, 0) is 6.61 Å². The number of halogens is 1. The van der Waals surface area contributed by atoms with Gasteiger partial charge in [-0.05, 0) is 29.8 Å². The molecule has 3 rings (SSSR count). The van der Waals surface area contributed by atoms with Gasteiger partial charge < -0.3 is 18.9 Å². The molecule has 0 atom stereocenters. The van der Waals surface area contributed by atoms with Gasteiger partial charge in [-0.2, -0.15) is 0 Å². The van der Waals surface area contributed by atoms with Crippen LogP contribution in [0.25, 0.3) is 0 Å². The Morgan fingerprint density at radius 2 is 1.46 bits per heavy atom. The minimum atomic E-state index is -0.584. The van der Waals surface area contributed by atoms with Crippen LogP contribution in [0.1, 0.15) is 15.9 Å². The zero-order valence-corrected chi connectivity index (χ0v) is 16.2. The van der Waals surface area contributed by atoms with E-state index in [0.29, 0.717) is 28.9 Å². The molecule has 0 saturated heterocycles. The topological polar surface area (TPSA) is 54.0 Å².